The molecule has 0 aromatic heterocycles. The number of rotatable bonds is 54. The molecule has 0 spiro atoms. The van der Waals surface area contributed by atoms with Crippen LogP contribution in [0.25, 0.3) is 0 Å². The first-order valence-electron chi connectivity index (χ1n) is 27.7. The van der Waals surface area contributed by atoms with E-state index in [2.05, 4.69) is 26.0 Å². The van der Waals surface area contributed by atoms with Gasteiger partial charge >= 0.3 is 13.8 Å². The largest absolute Gasteiger partial charge is 0.472 e. The van der Waals surface area contributed by atoms with Gasteiger partial charge in [0.15, 0.2) is 0 Å². The SMILES string of the molecule is CCCCCCCC/C=C\CCCCCCCCCCCC(=O)OC(COCCCCCCCCCCCCCCCCCCCCCCCCCCC)COP(=O)(O)OCCN. The van der Waals surface area contributed by atoms with E-state index in [0.717, 1.165) is 32.1 Å². The van der Waals surface area contributed by atoms with Crippen LogP contribution in [-0.2, 0) is 27.9 Å². The first-order chi connectivity index (χ1) is 30.9. The van der Waals surface area contributed by atoms with Gasteiger partial charge in [0.1, 0.15) is 6.10 Å². The van der Waals surface area contributed by atoms with E-state index < -0.39 is 13.9 Å². The number of ether oxygens (including phenoxy) is 2. The van der Waals surface area contributed by atoms with Crippen molar-refractivity contribution in [3.63, 3.8) is 0 Å². The Morgan fingerprint density at radius 3 is 1.16 bits per heavy atom. The Morgan fingerprint density at radius 2 is 0.794 bits per heavy atom. The van der Waals surface area contributed by atoms with Crippen LogP contribution in [0.5, 0.6) is 0 Å². The number of esters is 1. The minimum Gasteiger partial charge on any atom is -0.457 e. The summed E-state index contributed by atoms with van der Waals surface area (Å²) >= 11 is 0. The summed E-state index contributed by atoms with van der Waals surface area (Å²) in [6.45, 7) is 4.99. The lowest BCUT2D eigenvalue weighted by atomic mass is 10.0. The Labute approximate surface area is 392 Å². The van der Waals surface area contributed by atoms with E-state index in [1.165, 1.54) is 238 Å². The van der Waals surface area contributed by atoms with Crippen molar-refractivity contribution in [3.8, 4) is 0 Å². The van der Waals surface area contributed by atoms with Gasteiger partial charge in [-0.15, -0.1) is 0 Å². The second-order valence-electron chi connectivity index (χ2n) is 18.8. The van der Waals surface area contributed by atoms with Gasteiger partial charge in [-0.05, 0) is 38.5 Å². The maximum absolute atomic E-state index is 12.7. The number of phosphoric ester groups is 1. The van der Waals surface area contributed by atoms with E-state index in [0.29, 0.717) is 13.0 Å². The van der Waals surface area contributed by atoms with Gasteiger partial charge in [0.2, 0.25) is 0 Å². The summed E-state index contributed by atoms with van der Waals surface area (Å²) in [5.41, 5.74) is 5.40. The molecule has 2 unspecified atom stereocenters. The van der Waals surface area contributed by atoms with Crippen LogP contribution in [0.2, 0.25) is 0 Å². The molecule has 0 heterocycles. The topological polar surface area (TPSA) is 117 Å². The molecule has 0 aliphatic carbocycles. The molecule has 0 amide bonds. The normalized spacial score (nSPS) is 13.3. The molecule has 0 rings (SSSR count). The molecule has 0 aliphatic rings. The highest BCUT2D eigenvalue weighted by Crippen LogP contribution is 2.43. The Kier molecular flexibility index (Phi) is 51.6. The molecule has 0 bridgehead atoms. The third-order valence-corrected chi connectivity index (χ3v) is 13.4. The van der Waals surface area contributed by atoms with Crippen LogP contribution in [0.15, 0.2) is 12.2 Å². The van der Waals surface area contributed by atoms with E-state index in [4.69, 9.17) is 24.3 Å². The van der Waals surface area contributed by atoms with Gasteiger partial charge in [-0.2, -0.15) is 0 Å². The third kappa shape index (κ3) is 52.1. The maximum atomic E-state index is 12.7. The summed E-state index contributed by atoms with van der Waals surface area (Å²) < 4.78 is 33.7. The molecule has 0 aromatic rings. The Hall–Kier alpha value is -0.760. The summed E-state index contributed by atoms with van der Waals surface area (Å²) in [5.74, 6) is -0.325. The van der Waals surface area contributed by atoms with Gasteiger partial charge < -0.3 is 20.1 Å². The number of carbonyl (C=O) groups is 1. The molecule has 2 atom stereocenters. The average molecular weight is 914 g/mol. The number of unbranched alkanes of at least 4 members (excludes halogenated alkanes) is 39. The zero-order valence-electron chi connectivity index (χ0n) is 42.1. The van der Waals surface area contributed by atoms with Crippen LogP contribution >= 0.6 is 7.82 Å². The van der Waals surface area contributed by atoms with Crippen LogP contribution in [0.3, 0.4) is 0 Å². The maximum Gasteiger partial charge on any atom is 0.472 e. The number of carbonyl (C=O) groups excluding carboxylic acids is 1. The lowest BCUT2D eigenvalue weighted by molar-refractivity contribution is -0.154. The lowest BCUT2D eigenvalue weighted by Crippen LogP contribution is -2.28. The van der Waals surface area contributed by atoms with Crippen molar-refractivity contribution in [3.05, 3.63) is 12.2 Å². The highest BCUT2D eigenvalue weighted by Gasteiger charge is 2.25. The molecule has 0 aliphatic heterocycles. The minimum atomic E-state index is -4.28. The smallest absolute Gasteiger partial charge is 0.457 e. The molecule has 0 saturated carbocycles. The van der Waals surface area contributed by atoms with Crippen molar-refractivity contribution < 1.29 is 32.8 Å². The van der Waals surface area contributed by atoms with E-state index in [9.17, 15) is 14.3 Å². The van der Waals surface area contributed by atoms with Crippen molar-refractivity contribution in [1.29, 1.82) is 0 Å². The standard InChI is InChI=1S/C54H108NO7P/c1-3-5-7-9-11-13-15-17-19-21-23-24-25-26-27-28-30-32-34-36-38-40-42-44-46-49-59-51-53(52-61-63(57,58)60-50-48-55)62-54(56)47-45-43-41-39-37-35-33-31-29-22-20-18-16-14-12-10-8-6-4-2/h18,20,53H,3-17,19,21-52,55H2,1-2H3,(H,57,58)/b20-18-. The molecule has 8 nitrogen and oxygen atoms in total. The molecule has 63 heavy (non-hydrogen) atoms. The van der Waals surface area contributed by atoms with Gasteiger partial charge in [-0.1, -0.05) is 257 Å². The van der Waals surface area contributed by atoms with E-state index in [1.807, 2.05) is 0 Å². The lowest BCUT2D eigenvalue weighted by Gasteiger charge is -2.20. The predicted octanol–water partition coefficient (Wildman–Crippen LogP) is 17.4. The van der Waals surface area contributed by atoms with Gasteiger partial charge in [-0.25, -0.2) is 4.57 Å². The molecular weight excluding hydrogens is 806 g/mol. The number of hydrogen-bond donors (Lipinski definition) is 2. The second-order valence-corrected chi connectivity index (χ2v) is 20.3. The highest BCUT2D eigenvalue weighted by molar-refractivity contribution is 7.47. The summed E-state index contributed by atoms with van der Waals surface area (Å²) in [4.78, 5) is 22.6. The Morgan fingerprint density at radius 1 is 0.460 bits per heavy atom. The first-order valence-corrected chi connectivity index (χ1v) is 29.2. The van der Waals surface area contributed by atoms with Crippen molar-refractivity contribution in [2.24, 2.45) is 5.73 Å². The number of hydrogen-bond acceptors (Lipinski definition) is 7. The van der Waals surface area contributed by atoms with E-state index >= 15 is 0 Å². The summed E-state index contributed by atoms with van der Waals surface area (Å²) in [6, 6.07) is 0. The van der Waals surface area contributed by atoms with Gasteiger partial charge in [0.25, 0.3) is 0 Å². The monoisotopic (exact) mass is 914 g/mol. The van der Waals surface area contributed by atoms with Crippen LogP contribution in [0.1, 0.15) is 290 Å². The fourth-order valence-electron chi connectivity index (χ4n) is 8.35. The van der Waals surface area contributed by atoms with Crippen LogP contribution in [0.4, 0.5) is 0 Å². The zero-order chi connectivity index (χ0) is 45.8. The predicted molar refractivity (Wildman–Crippen MR) is 271 cm³/mol. The van der Waals surface area contributed by atoms with Crippen LogP contribution in [0, 0.1) is 0 Å². The van der Waals surface area contributed by atoms with E-state index in [-0.39, 0.29) is 32.3 Å². The zero-order valence-corrected chi connectivity index (χ0v) is 43.0. The summed E-state index contributed by atoms with van der Waals surface area (Å²) in [6.07, 6.45) is 59.7. The van der Waals surface area contributed by atoms with Crippen molar-refractivity contribution in [2.75, 3.05) is 33.0 Å². The van der Waals surface area contributed by atoms with Crippen LogP contribution < -0.4 is 5.73 Å². The van der Waals surface area contributed by atoms with Gasteiger partial charge in [0, 0.05) is 19.6 Å². The fraction of sp³-hybridized carbons (Fsp3) is 0.944. The second kappa shape index (κ2) is 52.2. The quantitative estimate of drug-likeness (QED) is 0.0268. The average Bonchev–Trinajstić information content (AvgIpc) is 3.28. The summed E-state index contributed by atoms with van der Waals surface area (Å²) in [7, 11) is -4.28. The molecule has 0 saturated heterocycles. The molecular formula is C54H108NO7P. The van der Waals surface area contributed by atoms with Crippen LogP contribution in [-0.4, -0.2) is 49.9 Å². The van der Waals surface area contributed by atoms with Crippen molar-refractivity contribution in [1.82, 2.24) is 0 Å². The van der Waals surface area contributed by atoms with Gasteiger partial charge in [0.05, 0.1) is 19.8 Å². The molecule has 3 N–H and O–H groups in total. The van der Waals surface area contributed by atoms with Crippen molar-refractivity contribution in [2.45, 2.75) is 296 Å². The fourth-order valence-corrected chi connectivity index (χ4v) is 9.11. The third-order valence-electron chi connectivity index (χ3n) is 12.4. The Balaban J connectivity index is 3.84. The van der Waals surface area contributed by atoms with Crippen molar-refractivity contribution >= 4 is 13.8 Å². The molecule has 0 fully saturated rings. The number of phosphoric acid groups is 1. The minimum absolute atomic E-state index is 0.0919. The summed E-state index contributed by atoms with van der Waals surface area (Å²) in [5, 5.41) is 0. The number of allylic oxidation sites excluding steroid dienone is 2. The first kappa shape index (κ1) is 62.2. The van der Waals surface area contributed by atoms with Gasteiger partial charge in [-0.3, -0.25) is 13.8 Å². The molecule has 0 aromatic carbocycles. The van der Waals surface area contributed by atoms with E-state index in [1.54, 1.807) is 0 Å². The highest BCUT2D eigenvalue weighted by atomic mass is 31.2. The molecule has 9 heteroatoms. The Bertz CT molecular complexity index is 982. The molecule has 0 radical (unpaired) electrons. The number of nitrogens with two attached hydrogens (primary N) is 1. The molecule has 376 valence electrons.